The lowest BCUT2D eigenvalue weighted by Gasteiger charge is -2.33. The van der Waals surface area contributed by atoms with Crippen LogP contribution in [0.15, 0.2) is 65.8 Å². The van der Waals surface area contributed by atoms with E-state index in [1.807, 2.05) is 6.20 Å². The summed E-state index contributed by atoms with van der Waals surface area (Å²) in [6.45, 7) is 0. The van der Waals surface area contributed by atoms with Crippen molar-refractivity contribution in [2.24, 2.45) is 4.99 Å². The Morgan fingerprint density at radius 3 is 2.81 bits per heavy atom. The monoisotopic (exact) mass is 341 g/mol. The van der Waals surface area contributed by atoms with E-state index < -0.39 is 0 Å². The molecule has 1 N–H and O–H groups in total. The summed E-state index contributed by atoms with van der Waals surface area (Å²) >= 11 is 0. The molecule has 2 aromatic carbocycles. The molecular weight excluding hydrogens is 318 g/mol. The van der Waals surface area contributed by atoms with Crippen LogP contribution in [0.2, 0.25) is 0 Å². The number of rotatable bonds is 1. The topological polar surface area (TPSA) is 32.6 Å². The molecule has 0 radical (unpaired) electrons. The van der Waals surface area contributed by atoms with Crippen LogP contribution in [0.25, 0.3) is 11.1 Å². The van der Waals surface area contributed by atoms with E-state index in [1.165, 1.54) is 33.4 Å². The molecule has 2 nitrogen and oxygen atoms in total. The van der Waals surface area contributed by atoms with E-state index in [4.69, 9.17) is 0 Å². The second-order valence-corrected chi connectivity index (χ2v) is 7.54. The number of allylic oxidation sites excluding steroid dienone is 3. The molecular formula is C24H23NO. The predicted octanol–water partition coefficient (Wildman–Crippen LogP) is 4.76. The zero-order valence-corrected chi connectivity index (χ0v) is 14.9. The van der Waals surface area contributed by atoms with Gasteiger partial charge in [0.1, 0.15) is 0 Å². The van der Waals surface area contributed by atoms with Crippen molar-refractivity contribution in [3.63, 3.8) is 0 Å². The highest BCUT2D eigenvalue weighted by atomic mass is 16.3. The first-order valence-corrected chi connectivity index (χ1v) is 9.61. The van der Waals surface area contributed by atoms with Crippen molar-refractivity contribution in [1.29, 1.82) is 0 Å². The molecule has 1 heterocycles. The number of aliphatic hydroxyl groups excluding tert-OH is 1. The molecule has 0 saturated carbocycles. The van der Waals surface area contributed by atoms with Crippen LogP contribution in [-0.2, 0) is 19.3 Å². The average Bonchev–Trinajstić information content (AvgIpc) is 2.96. The van der Waals surface area contributed by atoms with E-state index >= 15 is 0 Å². The van der Waals surface area contributed by atoms with Crippen molar-refractivity contribution < 1.29 is 5.11 Å². The third-order valence-electron chi connectivity index (χ3n) is 5.99. The number of hydrogen-bond acceptors (Lipinski definition) is 2. The van der Waals surface area contributed by atoms with E-state index in [9.17, 15) is 5.11 Å². The highest BCUT2D eigenvalue weighted by Crippen LogP contribution is 2.42. The molecule has 0 aromatic heterocycles. The fraction of sp³-hybridized carbons (Fsp3) is 0.292. The highest BCUT2D eigenvalue weighted by Gasteiger charge is 2.32. The van der Waals surface area contributed by atoms with E-state index in [1.54, 1.807) is 0 Å². The zero-order chi connectivity index (χ0) is 17.5. The van der Waals surface area contributed by atoms with Crippen molar-refractivity contribution in [3.05, 3.63) is 83.1 Å². The highest BCUT2D eigenvalue weighted by molar-refractivity contribution is 6.01. The molecule has 0 bridgehead atoms. The summed E-state index contributed by atoms with van der Waals surface area (Å²) in [6, 6.07) is 13.3. The minimum Gasteiger partial charge on any atom is -0.393 e. The van der Waals surface area contributed by atoms with Crippen LogP contribution in [0.4, 0.5) is 0 Å². The fourth-order valence-electron chi connectivity index (χ4n) is 4.79. The summed E-state index contributed by atoms with van der Waals surface area (Å²) < 4.78 is 0. The molecule has 0 fully saturated rings. The van der Waals surface area contributed by atoms with Gasteiger partial charge in [0.05, 0.1) is 6.10 Å². The molecule has 2 heteroatoms. The van der Waals surface area contributed by atoms with Crippen LogP contribution in [0, 0.1) is 0 Å². The van der Waals surface area contributed by atoms with Crippen LogP contribution < -0.4 is 0 Å². The normalized spacial score (nSPS) is 23.5. The van der Waals surface area contributed by atoms with Crippen molar-refractivity contribution in [2.75, 3.05) is 0 Å². The number of benzene rings is 2. The summed E-state index contributed by atoms with van der Waals surface area (Å²) in [4.78, 5) is 4.67. The Kier molecular flexibility index (Phi) is 3.86. The fourth-order valence-corrected chi connectivity index (χ4v) is 4.79. The zero-order valence-electron chi connectivity index (χ0n) is 14.9. The van der Waals surface area contributed by atoms with Crippen LogP contribution in [0.3, 0.4) is 0 Å². The van der Waals surface area contributed by atoms with E-state index in [0.717, 1.165) is 37.8 Å². The molecule has 1 aliphatic heterocycles. The lowest BCUT2D eigenvalue weighted by molar-refractivity contribution is 0.155. The Hall–Kier alpha value is -2.45. The number of aliphatic imine (C=N–C) groups is 1. The van der Waals surface area contributed by atoms with Gasteiger partial charge in [-0.05, 0) is 71.6 Å². The summed E-state index contributed by atoms with van der Waals surface area (Å²) in [6.07, 6.45) is 12.6. The minimum absolute atomic E-state index is 0.190. The first kappa shape index (κ1) is 15.8. The molecule has 2 atom stereocenters. The molecule has 0 saturated heterocycles. The average molecular weight is 341 g/mol. The molecule has 130 valence electrons. The van der Waals surface area contributed by atoms with Gasteiger partial charge in [0.15, 0.2) is 0 Å². The van der Waals surface area contributed by atoms with E-state index in [2.05, 4.69) is 59.6 Å². The lowest BCUT2D eigenvalue weighted by Crippen LogP contribution is -2.28. The van der Waals surface area contributed by atoms with Gasteiger partial charge in [-0.1, -0.05) is 48.6 Å². The smallest absolute Gasteiger partial charge is 0.0590 e. The van der Waals surface area contributed by atoms with Gasteiger partial charge in [-0.15, -0.1) is 0 Å². The summed E-state index contributed by atoms with van der Waals surface area (Å²) in [5, 5.41) is 10.6. The Bertz CT molecular complexity index is 951. The van der Waals surface area contributed by atoms with Gasteiger partial charge in [0.2, 0.25) is 0 Å². The summed E-state index contributed by atoms with van der Waals surface area (Å²) in [5.74, 6) is 0.190. The molecule has 2 aromatic rings. The van der Waals surface area contributed by atoms with Crippen LogP contribution in [-0.4, -0.2) is 16.9 Å². The Balaban J connectivity index is 1.66. The first-order valence-electron chi connectivity index (χ1n) is 9.61. The molecule has 26 heavy (non-hydrogen) atoms. The third kappa shape index (κ3) is 2.57. The predicted molar refractivity (Wildman–Crippen MR) is 107 cm³/mol. The van der Waals surface area contributed by atoms with Gasteiger partial charge in [-0.2, -0.15) is 0 Å². The second kappa shape index (κ2) is 6.37. The van der Waals surface area contributed by atoms with Gasteiger partial charge in [0, 0.05) is 17.8 Å². The number of hydrogen-bond donors (Lipinski definition) is 1. The maximum atomic E-state index is 10.6. The number of aliphatic hydroxyl groups is 1. The molecule has 0 amide bonds. The first-order chi connectivity index (χ1) is 12.8. The molecule has 5 rings (SSSR count). The maximum Gasteiger partial charge on any atom is 0.0590 e. The summed E-state index contributed by atoms with van der Waals surface area (Å²) in [5.41, 5.74) is 9.42. The van der Waals surface area contributed by atoms with Crippen LogP contribution in [0.1, 0.15) is 41.0 Å². The number of fused-ring (bicyclic) bond motifs is 5. The number of aryl methyl sites for hydroxylation is 1. The Labute approximate surface area is 154 Å². The van der Waals surface area contributed by atoms with E-state index in [0.29, 0.717) is 0 Å². The van der Waals surface area contributed by atoms with Gasteiger partial charge >= 0.3 is 0 Å². The number of nitrogens with zero attached hydrogens (tertiary/aromatic N) is 1. The van der Waals surface area contributed by atoms with Gasteiger partial charge < -0.3 is 5.11 Å². The Morgan fingerprint density at radius 2 is 1.85 bits per heavy atom. The van der Waals surface area contributed by atoms with Crippen LogP contribution in [0.5, 0.6) is 0 Å². The van der Waals surface area contributed by atoms with Crippen molar-refractivity contribution >= 4 is 5.71 Å². The second-order valence-electron chi connectivity index (χ2n) is 7.54. The van der Waals surface area contributed by atoms with Gasteiger partial charge in [-0.3, -0.25) is 4.99 Å². The largest absolute Gasteiger partial charge is 0.393 e. The minimum atomic E-state index is -0.292. The SMILES string of the molecule is OC1Cc2c(ccc3c2CCc2ccccc2-3)C(C2=NC=CCC=C2)C1. The van der Waals surface area contributed by atoms with Crippen molar-refractivity contribution in [2.45, 2.75) is 44.1 Å². The molecule has 2 unspecified atom stereocenters. The molecule has 3 aliphatic rings. The van der Waals surface area contributed by atoms with Gasteiger partial charge in [0.25, 0.3) is 0 Å². The maximum absolute atomic E-state index is 10.6. The third-order valence-corrected chi connectivity index (χ3v) is 5.99. The standard InChI is InChI=1S/C24H23NO/c26-17-14-22-20-10-9-16-6-3-4-7-18(16)19(20)11-12-21(22)23(15-17)24-8-2-1-5-13-25-24/h2-8,11-13,17,23,26H,1,9-10,14-15H2. The van der Waals surface area contributed by atoms with Gasteiger partial charge in [-0.25, -0.2) is 0 Å². The van der Waals surface area contributed by atoms with Crippen molar-refractivity contribution in [1.82, 2.24) is 0 Å². The summed E-state index contributed by atoms with van der Waals surface area (Å²) in [7, 11) is 0. The van der Waals surface area contributed by atoms with Crippen LogP contribution >= 0.6 is 0 Å². The molecule has 2 aliphatic carbocycles. The quantitative estimate of drug-likeness (QED) is 0.797. The Morgan fingerprint density at radius 1 is 0.923 bits per heavy atom. The lowest BCUT2D eigenvalue weighted by atomic mass is 9.73. The molecule has 0 spiro atoms. The van der Waals surface area contributed by atoms with E-state index in [-0.39, 0.29) is 12.0 Å². The van der Waals surface area contributed by atoms with Crippen molar-refractivity contribution in [3.8, 4) is 11.1 Å².